The number of sulfonamides is 1. The number of morpholine rings is 1. The topological polar surface area (TPSA) is 84.9 Å². The van der Waals surface area contributed by atoms with Crippen molar-refractivity contribution in [1.29, 1.82) is 0 Å². The normalized spacial score (nSPS) is 15.7. The van der Waals surface area contributed by atoms with E-state index >= 15 is 0 Å². The molecule has 9 heteroatoms. The van der Waals surface area contributed by atoms with Gasteiger partial charge < -0.3 is 14.8 Å². The Labute approximate surface area is 146 Å². The number of rotatable bonds is 7. The minimum Gasteiger partial charge on any atom is -0.482 e. The Hall–Kier alpha value is -1.61. The molecule has 2 rings (SSSR count). The number of hydrogen-bond donors (Lipinski definition) is 1. The van der Waals surface area contributed by atoms with Crippen LogP contribution < -0.4 is 10.1 Å². The highest BCUT2D eigenvalue weighted by atomic mass is 35.5. The number of nitrogens with zero attached hydrogens (tertiary/aromatic N) is 1. The molecule has 0 spiro atoms. The van der Waals surface area contributed by atoms with Gasteiger partial charge in [0.15, 0.2) is 6.61 Å². The van der Waals surface area contributed by atoms with Crippen molar-refractivity contribution in [3.8, 4) is 5.75 Å². The molecular formula is C15H19ClN2O5S. The summed E-state index contributed by atoms with van der Waals surface area (Å²) in [5.74, 6) is -0.0812. The Bertz CT molecular complexity index is 702. The third-order valence-electron chi connectivity index (χ3n) is 3.31. The minimum absolute atomic E-state index is 0.0814. The van der Waals surface area contributed by atoms with Gasteiger partial charge in [-0.05, 0) is 18.2 Å². The van der Waals surface area contributed by atoms with Gasteiger partial charge in [-0.25, -0.2) is 8.42 Å². The fraction of sp³-hybridized carbons (Fsp3) is 0.400. The zero-order valence-corrected chi connectivity index (χ0v) is 14.6. The molecule has 0 bridgehead atoms. The van der Waals surface area contributed by atoms with Crippen LogP contribution in [-0.4, -0.2) is 58.1 Å². The second-order valence-electron chi connectivity index (χ2n) is 4.99. The Morgan fingerprint density at radius 2 is 2.12 bits per heavy atom. The smallest absolute Gasteiger partial charge is 0.258 e. The summed E-state index contributed by atoms with van der Waals surface area (Å²) in [6.07, 6.45) is 1.55. The molecule has 0 saturated carbocycles. The molecule has 0 unspecified atom stereocenters. The number of ether oxygens (including phenoxy) is 2. The lowest BCUT2D eigenvalue weighted by molar-refractivity contribution is -0.122. The van der Waals surface area contributed by atoms with Gasteiger partial charge >= 0.3 is 0 Å². The number of hydrogen-bond acceptors (Lipinski definition) is 5. The zero-order valence-electron chi connectivity index (χ0n) is 13.0. The molecule has 7 nitrogen and oxygen atoms in total. The molecule has 1 saturated heterocycles. The second-order valence-corrected chi connectivity index (χ2v) is 7.34. The lowest BCUT2D eigenvalue weighted by atomic mass is 10.3. The van der Waals surface area contributed by atoms with Crippen LogP contribution in [0.5, 0.6) is 5.75 Å². The van der Waals surface area contributed by atoms with Crippen LogP contribution in [0.15, 0.2) is 35.7 Å². The maximum Gasteiger partial charge on any atom is 0.258 e. The standard InChI is InChI=1S/C15H19ClN2O5S/c1-2-5-17-15(19)11-23-14-4-3-12(10-13(14)16)24(20,21)18-6-8-22-9-7-18/h2-4,10H,1,5-9,11H2,(H,17,19). The summed E-state index contributed by atoms with van der Waals surface area (Å²) >= 11 is 6.08. The van der Waals surface area contributed by atoms with Crippen molar-refractivity contribution in [3.63, 3.8) is 0 Å². The van der Waals surface area contributed by atoms with Crippen molar-refractivity contribution in [2.75, 3.05) is 39.5 Å². The van der Waals surface area contributed by atoms with Crippen LogP contribution in [0.3, 0.4) is 0 Å². The van der Waals surface area contributed by atoms with E-state index in [2.05, 4.69) is 11.9 Å². The summed E-state index contributed by atoms with van der Waals surface area (Å²) in [5.41, 5.74) is 0. The molecule has 1 aromatic rings. The summed E-state index contributed by atoms with van der Waals surface area (Å²) < 4.78 is 36.9. The number of nitrogens with one attached hydrogen (secondary N) is 1. The van der Waals surface area contributed by atoms with Crippen LogP contribution >= 0.6 is 11.6 Å². The first-order valence-electron chi connectivity index (χ1n) is 7.33. The highest BCUT2D eigenvalue weighted by Crippen LogP contribution is 2.29. The fourth-order valence-electron chi connectivity index (χ4n) is 2.08. The van der Waals surface area contributed by atoms with E-state index in [0.29, 0.717) is 32.8 Å². The van der Waals surface area contributed by atoms with E-state index in [1.165, 1.54) is 22.5 Å². The predicted molar refractivity (Wildman–Crippen MR) is 89.7 cm³/mol. The number of amides is 1. The summed E-state index contributed by atoms with van der Waals surface area (Å²) in [6, 6.07) is 4.17. The SMILES string of the molecule is C=CCNC(=O)COc1ccc(S(=O)(=O)N2CCOCC2)cc1Cl. The lowest BCUT2D eigenvalue weighted by Crippen LogP contribution is -2.40. The van der Waals surface area contributed by atoms with E-state index in [0.717, 1.165) is 0 Å². The number of carbonyl (C=O) groups is 1. The van der Waals surface area contributed by atoms with E-state index in [-0.39, 0.29) is 28.2 Å². The molecule has 1 aliphatic heterocycles. The van der Waals surface area contributed by atoms with E-state index in [1.54, 1.807) is 6.08 Å². The van der Waals surface area contributed by atoms with Crippen molar-refractivity contribution in [2.45, 2.75) is 4.90 Å². The Balaban J connectivity index is 2.06. The molecule has 1 aromatic carbocycles. The van der Waals surface area contributed by atoms with Gasteiger partial charge in [0.1, 0.15) is 5.75 Å². The molecule has 0 radical (unpaired) electrons. The third kappa shape index (κ3) is 4.70. The van der Waals surface area contributed by atoms with Gasteiger partial charge in [-0.3, -0.25) is 4.79 Å². The van der Waals surface area contributed by atoms with Crippen LogP contribution in [0.4, 0.5) is 0 Å². The predicted octanol–water partition coefficient (Wildman–Crippen LogP) is 1.04. The number of halogens is 1. The first kappa shape index (κ1) is 18.7. The van der Waals surface area contributed by atoms with Crippen molar-refractivity contribution in [1.82, 2.24) is 9.62 Å². The van der Waals surface area contributed by atoms with Crippen LogP contribution in [0.25, 0.3) is 0 Å². The second kappa shape index (κ2) is 8.48. The minimum atomic E-state index is -3.62. The van der Waals surface area contributed by atoms with Crippen molar-refractivity contribution < 1.29 is 22.7 Å². The molecule has 0 aromatic heterocycles. The molecule has 132 valence electrons. The Kier molecular flexibility index (Phi) is 6.61. The van der Waals surface area contributed by atoms with Gasteiger partial charge in [0, 0.05) is 19.6 Å². The van der Waals surface area contributed by atoms with E-state index < -0.39 is 10.0 Å². The Morgan fingerprint density at radius 1 is 1.42 bits per heavy atom. The van der Waals surface area contributed by atoms with E-state index in [9.17, 15) is 13.2 Å². The number of benzene rings is 1. The van der Waals surface area contributed by atoms with Gasteiger partial charge in [-0.1, -0.05) is 17.7 Å². The molecule has 1 N–H and O–H groups in total. The highest BCUT2D eigenvalue weighted by Gasteiger charge is 2.27. The van der Waals surface area contributed by atoms with Crippen LogP contribution in [0.2, 0.25) is 5.02 Å². The van der Waals surface area contributed by atoms with Gasteiger partial charge in [-0.2, -0.15) is 4.31 Å². The molecule has 1 heterocycles. The average Bonchev–Trinajstić information content (AvgIpc) is 2.59. The fourth-order valence-corrected chi connectivity index (χ4v) is 3.81. The molecule has 0 aliphatic carbocycles. The van der Waals surface area contributed by atoms with Crippen molar-refractivity contribution in [2.24, 2.45) is 0 Å². The van der Waals surface area contributed by atoms with Gasteiger partial charge in [0.05, 0.1) is 23.1 Å². The van der Waals surface area contributed by atoms with Gasteiger partial charge in [0.25, 0.3) is 5.91 Å². The summed E-state index contributed by atoms with van der Waals surface area (Å²) in [6.45, 7) is 4.96. The molecular weight excluding hydrogens is 356 g/mol. The van der Waals surface area contributed by atoms with Crippen molar-refractivity contribution in [3.05, 3.63) is 35.9 Å². The van der Waals surface area contributed by atoms with Gasteiger partial charge in [0.2, 0.25) is 10.0 Å². The summed E-state index contributed by atoms with van der Waals surface area (Å²) in [5, 5.41) is 2.69. The largest absolute Gasteiger partial charge is 0.482 e. The average molecular weight is 375 g/mol. The number of carbonyl (C=O) groups excluding carboxylic acids is 1. The quantitative estimate of drug-likeness (QED) is 0.721. The van der Waals surface area contributed by atoms with Crippen LogP contribution in [-0.2, 0) is 19.6 Å². The van der Waals surface area contributed by atoms with Gasteiger partial charge in [-0.15, -0.1) is 6.58 Å². The zero-order chi connectivity index (χ0) is 17.6. The van der Waals surface area contributed by atoms with E-state index in [1.807, 2.05) is 0 Å². The van der Waals surface area contributed by atoms with Crippen LogP contribution in [0.1, 0.15) is 0 Å². The van der Waals surface area contributed by atoms with Crippen LogP contribution in [0, 0.1) is 0 Å². The first-order valence-corrected chi connectivity index (χ1v) is 9.15. The Morgan fingerprint density at radius 3 is 2.75 bits per heavy atom. The van der Waals surface area contributed by atoms with E-state index in [4.69, 9.17) is 21.1 Å². The molecule has 1 amide bonds. The first-order chi connectivity index (χ1) is 11.4. The summed E-state index contributed by atoms with van der Waals surface area (Å²) in [4.78, 5) is 11.6. The molecule has 1 aliphatic rings. The molecule has 1 fully saturated rings. The maximum absolute atomic E-state index is 12.5. The molecule has 24 heavy (non-hydrogen) atoms. The summed E-state index contributed by atoms with van der Waals surface area (Å²) in [7, 11) is -3.62. The highest BCUT2D eigenvalue weighted by molar-refractivity contribution is 7.89. The molecule has 0 atom stereocenters. The van der Waals surface area contributed by atoms with Crippen molar-refractivity contribution >= 4 is 27.5 Å². The third-order valence-corrected chi connectivity index (χ3v) is 5.50. The maximum atomic E-state index is 12.5. The monoisotopic (exact) mass is 374 g/mol. The lowest BCUT2D eigenvalue weighted by Gasteiger charge is -2.26.